The van der Waals surface area contributed by atoms with E-state index < -0.39 is 11.7 Å². The van der Waals surface area contributed by atoms with Crippen LogP contribution < -0.4 is 11.1 Å². The summed E-state index contributed by atoms with van der Waals surface area (Å²) < 4.78 is 13.5. The van der Waals surface area contributed by atoms with Gasteiger partial charge in [-0.25, -0.2) is 4.39 Å². The molecule has 3 N–H and O–H groups in total. The largest absolute Gasteiger partial charge is 0.399 e. The van der Waals surface area contributed by atoms with Gasteiger partial charge in [0.2, 0.25) is 0 Å². The first kappa shape index (κ1) is 12.4. The van der Waals surface area contributed by atoms with Gasteiger partial charge in [0, 0.05) is 16.3 Å². The number of halogens is 2. The van der Waals surface area contributed by atoms with Crippen LogP contribution >= 0.6 is 11.6 Å². The van der Waals surface area contributed by atoms with E-state index in [2.05, 4.69) is 5.32 Å². The Bertz CT molecular complexity index is 601. The second kappa shape index (κ2) is 5.06. The van der Waals surface area contributed by atoms with Crippen LogP contribution in [0.3, 0.4) is 0 Å². The van der Waals surface area contributed by atoms with Crippen LogP contribution in [0, 0.1) is 5.82 Å². The van der Waals surface area contributed by atoms with Crippen molar-refractivity contribution in [1.82, 2.24) is 0 Å². The van der Waals surface area contributed by atoms with Crippen molar-refractivity contribution in [3.8, 4) is 0 Å². The number of carbonyl (C=O) groups excluding carboxylic acids is 1. The number of hydrogen-bond donors (Lipinski definition) is 2. The molecule has 0 heterocycles. The molecular weight excluding hydrogens is 255 g/mol. The predicted octanol–water partition coefficient (Wildman–Crippen LogP) is 3.31. The fraction of sp³-hybridized carbons (Fsp3) is 0. The topological polar surface area (TPSA) is 55.1 Å². The number of benzene rings is 2. The second-order valence-electron chi connectivity index (χ2n) is 3.70. The van der Waals surface area contributed by atoms with Gasteiger partial charge in [-0.1, -0.05) is 17.7 Å². The van der Waals surface area contributed by atoms with Gasteiger partial charge >= 0.3 is 0 Å². The minimum absolute atomic E-state index is 0.0779. The van der Waals surface area contributed by atoms with Gasteiger partial charge in [0.05, 0.1) is 5.69 Å². The van der Waals surface area contributed by atoms with E-state index in [9.17, 15) is 9.18 Å². The lowest BCUT2D eigenvalue weighted by atomic mass is 10.2. The Hall–Kier alpha value is -2.07. The number of carbonyl (C=O) groups is 1. The van der Waals surface area contributed by atoms with Crippen LogP contribution in [-0.2, 0) is 0 Å². The minimum atomic E-state index is -0.578. The van der Waals surface area contributed by atoms with Gasteiger partial charge in [0.25, 0.3) is 5.91 Å². The van der Waals surface area contributed by atoms with Gasteiger partial charge in [0.15, 0.2) is 0 Å². The van der Waals surface area contributed by atoms with E-state index in [4.69, 9.17) is 17.3 Å². The first-order chi connectivity index (χ1) is 8.56. The van der Waals surface area contributed by atoms with Gasteiger partial charge < -0.3 is 11.1 Å². The summed E-state index contributed by atoms with van der Waals surface area (Å²) >= 11 is 5.77. The molecule has 0 aliphatic carbocycles. The Morgan fingerprint density at radius 1 is 1.22 bits per heavy atom. The molecule has 0 saturated heterocycles. The molecule has 5 heteroatoms. The zero-order valence-corrected chi connectivity index (χ0v) is 10.0. The number of amides is 1. The SMILES string of the molecule is Nc1ccc(NC(=O)c2cccc(Cl)c2)c(F)c1. The minimum Gasteiger partial charge on any atom is -0.399 e. The highest BCUT2D eigenvalue weighted by Gasteiger charge is 2.09. The van der Waals surface area contributed by atoms with Crippen molar-refractivity contribution in [2.45, 2.75) is 0 Å². The summed E-state index contributed by atoms with van der Waals surface area (Å²) in [6, 6.07) is 10.5. The average molecular weight is 265 g/mol. The molecule has 3 nitrogen and oxygen atoms in total. The van der Waals surface area contributed by atoms with E-state index in [0.717, 1.165) is 6.07 Å². The van der Waals surface area contributed by atoms with Crippen LogP contribution in [0.2, 0.25) is 5.02 Å². The summed E-state index contributed by atoms with van der Waals surface area (Å²) in [4.78, 5) is 11.8. The molecule has 0 saturated carbocycles. The third-order valence-electron chi connectivity index (χ3n) is 2.33. The first-order valence-electron chi connectivity index (χ1n) is 5.18. The van der Waals surface area contributed by atoms with Gasteiger partial charge in [-0.15, -0.1) is 0 Å². The summed E-state index contributed by atoms with van der Waals surface area (Å²) in [5, 5.41) is 2.90. The molecule has 1 amide bonds. The van der Waals surface area contributed by atoms with Gasteiger partial charge in [-0.3, -0.25) is 4.79 Å². The summed E-state index contributed by atoms with van der Waals surface area (Å²) in [6.45, 7) is 0. The van der Waals surface area contributed by atoms with E-state index in [1.54, 1.807) is 18.2 Å². The van der Waals surface area contributed by atoms with Crippen molar-refractivity contribution in [3.63, 3.8) is 0 Å². The van der Waals surface area contributed by atoms with E-state index in [0.29, 0.717) is 16.3 Å². The maximum absolute atomic E-state index is 13.5. The molecule has 0 atom stereocenters. The van der Waals surface area contributed by atoms with Crippen molar-refractivity contribution < 1.29 is 9.18 Å². The third-order valence-corrected chi connectivity index (χ3v) is 2.56. The van der Waals surface area contributed by atoms with Crippen molar-refractivity contribution in [1.29, 1.82) is 0 Å². The molecule has 0 radical (unpaired) electrons. The Kier molecular flexibility index (Phi) is 3.48. The normalized spacial score (nSPS) is 10.1. The van der Waals surface area contributed by atoms with E-state index in [1.807, 2.05) is 0 Å². The maximum atomic E-state index is 13.5. The average Bonchev–Trinajstić information content (AvgIpc) is 2.32. The molecule has 0 bridgehead atoms. The summed E-state index contributed by atoms with van der Waals surface area (Å²) in [5.74, 6) is -1.01. The molecule has 0 unspecified atom stereocenters. The number of nitrogen functional groups attached to an aromatic ring is 1. The van der Waals surface area contributed by atoms with Crippen LogP contribution in [0.1, 0.15) is 10.4 Å². The Morgan fingerprint density at radius 2 is 2.00 bits per heavy atom. The monoisotopic (exact) mass is 264 g/mol. The summed E-state index contributed by atoms with van der Waals surface area (Å²) in [6.07, 6.45) is 0. The van der Waals surface area contributed by atoms with Crippen LogP contribution in [-0.4, -0.2) is 5.91 Å². The molecule has 2 aromatic rings. The second-order valence-corrected chi connectivity index (χ2v) is 4.14. The fourth-order valence-electron chi connectivity index (χ4n) is 1.46. The lowest BCUT2D eigenvalue weighted by molar-refractivity contribution is 0.102. The van der Waals surface area contributed by atoms with Crippen molar-refractivity contribution in [3.05, 3.63) is 58.9 Å². The van der Waals surface area contributed by atoms with Gasteiger partial charge in [0.1, 0.15) is 5.82 Å². The number of rotatable bonds is 2. The fourth-order valence-corrected chi connectivity index (χ4v) is 1.65. The van der Waals surface area contributed by atoms with Crippen LogP contribution in [0.15, 0.2) is 42.5 Å². The zero-order chi connectivity index (χ0) is 13.1. The Balaban J connectivity index is 2.21. The summed E-state index contributed by atoms with van der Waals surface area (Å²) in [7, 11) is 0. The van der Waals surface area contributed by atoms with E-state index >= 15 is 0 Å². The standard InChI is InChI=1S/C13H10ClFN2O/c14-9-3-1-2-8(6-9)13(18)17-12-5-4-10(16)7-11(12)15/h1-7H,16H2,(H,17,18). The zero-order valence-electron chi connectivity index (χ0n) is 9.28. The molecule has 0 aromatic heterocycles. The number of nitrogens with one attached hydrogen (secondary N) is 1. The molecule has 2 aromatic carbocycles. The van der Waals surface area contributed by atoms with Crippen molar-refractivity contribution in [2.75, 3.05) is 11.1 Å². The highest BCUT2D eigenvalue weighted by Crippen LogP contribution is 2.18. The van der Waals surface area contributed by atoms with Crippen LogP contribution in [0.25, 0.3) is 0 Å². The molecule has 2 rings (SSSR count). The molecular formula is C13H10ClFN2O. The molecule has 92 valence electrons. The van der Waals surface area contributed by atoms with Crippen LogP contribution in [0.4, 0.5) is 15.8 Å². The molecule has 0 aliphatic heterocycles. The molecule has 0 aliphatic rings. The van der Waals surface area contributed by atoms with Gasteiger partial charge in [-0.2, -0.15) is 0 Å². The quantitative estimate of drug-likeness (QED) is 0.818. The highest BCUT2D eigenvalue weighted by molar-refractivity contribution is 6.31. The molecule has 18 heavy (non-hydrogen) atoms. The first-order valence-corrected chi connectivity index (χ1v) is 5.56. The molecule has 0 spiro atoms. The maximum Gasteiger partial charge on any atom is 0.255 e. The Morgan fingerprint density at radius 3 is 2.67 bits per heavy atom. The lowest BCUT2D eigenvalue weighted by Gasteiger charge is -2.07. The predicted molar refractivity (Wildman–Crippen MR) is 70.2 cm³/mol. The number of nitrogens with two attached hydrogens (primary N) is 1. The Labute approximate surface area is 108 Å². The lowest BCUT2D eigenvalue weighted by Crippen LogP contribution is -2.13. The van der Waals surface area contributed by atoms with E-state index in [1.165, 1.54) is 18.2 Å². The number of hydrogen-bond acceptors (Lipinski definition) is 2. The molecule has 0 fully saturated rings. The highest BCUT2D eigenvalue weighted by atomic mass is 35.5. The van der Waals surface area contributed by atoms with E-state index in [-0.39, 0.29) is 5.69 Å². The third kappa shape index (κ3) is 2.78. The number of anilines is 2. The smallest absolute Gasteiger partial charge is 0.255 e. The van der Waals surface area contributed by atoms with Gasteiger partial charge in [-0.05, 0) is 36.4 Å². The van der Waals surface area contributed by atoms with Crippen molar-refractivity contribution >= 4 is 28.9 Å². The van der Waals surface area contributed by atoms with Crippen LogP contribution in [0.5, 0.6) is 0 Å². The van der Waals surface area contributed by atoms with Crippen molar-refractivity contribution in [2.24, 2.45) is 0 Å². The summed E-state index contributed by atoms with van der Waals surface area (Å²) in [5.41, 5.74) is 6.16.